The molecule has 1 fully saturated rings. The number of benzene rings is 1. The van der Waals surface area contributed by atoms with E-state index in [0.717, 1.165) is 35.6 Å². The molecule has 3 N–H and O–H groups in total. The van der Waals surface area contributed by atoms with E-state index >= 15 is 0 Å². The van der Waals surface area contributed by atoms with Gasteiger partial charge in [0.1, 0.15) is 0 Å². The average molecular weight is 269 g/mol. The highest BCUT2D eigenvalue weighted by Gasteiger charge is 2.19. The van der Waals surface area contributed by atoms with Crippen LogP contribution in [0, 0.1) is 6.92 Å². The zero-order valence-corrected chi connectivity index (χ0v) is 11.5. The van der Waals surface area contributed by atoms with E-state index in [1.165, 1.54) is 12.8 Å². The van der Waals surface area contributed by atoms with Gasteiger partial charge >= 0.3 is 0 Å². The van der Waals surface area contributed by atoms with Crippen molar-refractivity contribution in [3.05, 3.63) is 34.3 Å². The van der Waals surface area contributed by atoms with Crippen LogP contribution in [0.5, 0.6) is 0 Å². The van der Waals surface area contributed by atoms with Crippen molar-refractivity contribution in [2.45, 2.75) is 44.8 Å². The third kappa shape index (κ3) is 3.23. The molecule has 2 rings (SSSR count). The summed E-state index contributed by atoms with van der Waals surface area (Å²) >= 11 is 6.34. The average Bonchev–Trinajstić information content (AvgIpc) is 2.88. The SMILES string of the molecule is Cc1cccc(C(CCC2CCCO2)NN)c1Cl. The number of aryl methyl sites for hydroxylation is 1. The number of hydrazine groups is 1. The molecule has 1 heterocycles. The lowest BCUT2D eigenvalue weighted by molar-refractivity contribution is 0.0996. The van der Waals surface area contributed by atoms with E-state index in [-0.39, 0.29) is 6.04 Å². The van der Waals surface area contributed by atoms with Crippen molar-refractivity contribution in [3.63, 3.8) is 0 Å². The third-order valence-corrected chi connectivity index (χ3v) is 4.12. The molecular formula is C14H21ClN2O. The maximum atomic E-state index is 6.34. The highest BCUT2D eigenvalue weighted by molar-refractivity contribution is 6.32. The predicted octanol–water partition coefficient (Wildman–Crippen LogP) is 3.11. The Labute approximate surface area is 114 Å². The van der Waals surface area contributed by atoms with E-state index in [1.807, 2.05) is 25.1 Å². The lowest BCUT2D eigenvalue weighted by Gasteiger charge is -2.20. The normalized spacial score (nSPS) is 21.2. The largest absolute Gasteiger partial charge is 0.378 e. The number of hydrogen-bond donors (Lipinski definition) is 2. The fourth-order valence-corrected chi connectivity index (χ4v) is 2.75. The first kappa shape index (κ1) is 13.8. The molecular weight excluding hydrogens is 248 g/mol. The molecule has 100 valence electrons. The molecule has 0 spiro atoms. The predicted molar refractivity (Wildman–Crippen MR) is 74.5 cm³/mol. The molecule has 1 aromatic rings. The monoisotopic (exact) mass is 268 g/mol. The van der Waals surface area contributed by atoms with Crippen molar-refractivity contribution >= 4 is 11.6 Å². The van der Waals surface area contributed by atoms with Gasteiger partial charge in [0.15, 0.2) is 0 Å². The van der Waals surface area contributed by atoms with E-state index in [1.54, 1.807) is 0 Å². The third-order valence-electron chi connectivity index (χ3n) is 3.60. The van der Waals surface area contributed by atoms with Crippen LogP contribution in [-0.2, 0) is 4.74 Å². The summed E-state index contributed by atoms with van der Waals surface area (Å²) in [6, 6.07) is 6.17. The summed E-state index contributed by atoms with van der Waals surface area (Å²) in [5.74, 6) is 5.66. The van der Waals surface area contributed by atoms with Crippen LogP contribution in [0.4, 0.5) is 0 Å². The van der Waals surface area contributed by atoms with Gasteiger partial charge in [-0.1, -0.05) is 29.8 Å². The van der Waals surface area contributed by atoms with Crippen molar-refractivity contribution in [2.75, 3.05) is 6.61 Å². The van der Waals surface area contributed by atoms with Crippen LogP contribution in [-0.4, -0.2) is 12.7 Å². The van der Waals surface area contributed by atoms with Crippen molar-refractivity contribution in [3.8, 4) is 0 Å². The minimum atomic E-state index is 0.0987. The maximum Gasteiger partial charge on any atom is 0.0576 e. The molecule has 0 aliphatic carbocycles. The first-order chi connectivity index (χ1) is 8.72. The van der Waals surface area contributed by atoms with E-state index in [0.29, 0.717) is 6.10 Å². The molecule has 2 atom stereocenters. The Kier molecular flexibility index (Phi) is 5.01. The van der Waals surface area contributed by atoms with Gasteiger partial charge in [0.05, 0.1) is 6.10 Å². The van der Waals surface area contributed by atoms with Crippen LogP contribution in [0.25, 0.3) is 0 Å². The second kappa shape index (κ2) is 6.53. The molecule has 0 bridgehead atoms. The molecule has 18 heavy (non-hydrogen) atoms. The summed E-state index contributed by atoms with van der Waals surface area (Å²) < 4.78 is 5.64. The summed E-state index contributed by atoms with van der Waals surface area (Å²) in [4.78, 5) is 0. The van der Waals surface area contributed by atoms with Gasteiger partial charge in [0.2, 0.25) is 0 Å². The Balaban J connectivity index is 2.00. The first-order valence-electron chi connectivity index (χ1n) is 6.55. The highest BCUT2D eigenvalue weighted by Crippen LogP contribution is 2.30. The molecule has 1 aliphatic heterocycles. The number of halogens is 1. The number of nitrogens with two attached hydrogens (primary N) is 1. The fraction of sp³-hybridized carbons (Fsp3) is 0.571. The molecule has 0 amide bonds. The number of ether oxygens (including phenoxy) is 1. The van der Waals surface area contributed by atoms with Crippen molar-refractivity contribution in [1.29, 1.82) is 0 Å². The van der Waals surface area contributed by atoms with Crippen LogP contribution in [0.1, 0.15) is 42.9 Å². The molecule has 0 saturated carbocycles. The van der Waals surface area contributed by atoms with Crippen LogP contribution in [0.3, 0.4) is 0 Å². The Hall–Kier alpha value is -0.610. The topological polar surface area (TPSA) is 47.3 Å². The number of nitrogens with one attached hydrogen (secondary N) is 1. The van der Waals surface area contributed by atoms with E-state index in [4.69, 9.17) is 22.2 Å². The van der Waals surface area contributed by atoms with Crippen molar-refractivity contribution in [1.82, 2.24) is 5.43 Å². The Morgan fingerprint density at radius 2 is 2.39 bits per heavy atom. The fourth-order valence-electron chi connectivity index (χ4n) is 2.49. The summed E-state index contributed by atoms with van der Waals surface area (Å²) in [6.07, 6.45) is 4.71. The smallest absolute Gasteiger partial charge is 0.0576 e. The van der Waals surface area contributed by atoms with Gasteiger partial charge in [-0.05, 0) is 43.7 Å². The van der Waals surface area contributed by atoms with Gasteiger partial charge < -0.3 is 4.74 Å². The van der Waals surface area contributed by atoms with Gasteiger partial charge in [0.25, 0.3) is 0 Å². The Morgan fingerprint density at radius 1 is 1.56 bits per heavy atom. The van der Waals surface area contributed by atoms with Crippen LogP contribution >= 0.6 is 11.6 Å². The van der Waals surface area contributed by atoms with Gasteiger partial charge in [0, 0.05) is 17.7 Å². The minimum Gasteiger partial charge on any atom is -0.378 e. The second-order valence-electron chi connectivity index (χ2n) is 4.91. The molecule has 1 aliphatic rings. The van der Waals surface area contributed by atoms with E-state index in [9.17, 15) is 0 Å². The summed E-state index contributed by atoms with van der Waals surface area (Å²) in [7, 11) is 0. The molecule has 2 unspecified atom stereocenters. The van der Waals surface area contributed by atoms with Crippen LogP contribution < -0.4 is 11.3 Å². The lowest BCUT2D eigenvalue weighted by atomic mass is 9.98. The minimum absolute atomic E-state index is 0.0987. The summed E-state index contributed by atoms with van der Waals surface area (Å²) in [5, 5.41) is 0.813. The second-order valence-corrected chi connectivity index (χ2v) is 5.29. The molecule has 0 radical (unpaired) electrons. The van der Waals surface area contributed by atoms with Gasteiger partial charge in [-0.25, -0.2) is 0 Å². The molecule has 1 saturated heterocycles. The summed E-state index contributed by atoms with van der Waals surface area (Å²) in [6.45, 7) is 2.91. The van der Waals surface area contributed by atoms with Crippen LogP contribution in [0.15, 0.2) is 18.2 Å². The highest BCUT2D eigenvalue weighted by atomic mass is 35.5. The van der Waals surface area contributed by atoms with Crippen molar-refractivity contribution < 1.29 is 4.74 Å². The maximum absolute atomic E-state index is 6.34. The van der Waals surface area contributed by atoms with Gasteiger partial charge in [-0.3, -0.25) is 11.3 Å². The molecule has 4 heteroatoms. The number of rotatable bonds is 5. The van der Waals surface area contributed by atoms with Crippen LogP contribution in [0.2, 0.25) is 5.02 Å². The van der Waals surface area contributed by atoms with E-state index < -0.39 is 0 Å². The molecule has 1 aromatic carbocycles. The van der Waals surface area contributed by atoms with Gasteiger partial charge in [-0.2, -0.15) is 0 Å². The number of hydrogen-bond acceptors (Lipinski definition) is 3. The van der Waals surface area contributed by atoms with Crippen molar-refractivity contribution in [2.24, 2.45) is 5.84 Å². The Morgan fingerprint density at radius 3 is 3.06 bits per heavy atom. The zero-order valence-electron chi connectivity index (χ0n) is 10.8. The van der Waals surface area contributed by atoms with Gasteiger partial charge in [-0.15, -0.1) is 0 Å². The quantitative estimate of drug-likeness (QED) is 0.637. The molecule has 3 nitrogen and oxygen atoms in total. The Bertz CT molecular complexity index is 391. The van der Waals surface area contributed by atoms with E-state index in [2.05, 4.69) is 5.43 Å². The lowest BCUT2D eigenvalue weighted by Crippen LogP contribution is -2.29. The molecule has 0 aromatic heterocycles. The summed E-state index contributed by atoms with van der Waals surface area (Å²) in [5.41, 5.74) is 5.04. The first-order valence-corrected chi connectivity index (χ1v) is 6.93. The standard InChI is InChI=1S/C14H21ClN2O/c1-10-4-2-6-12(14(10)15)13(17-16)8-7-11-5-3-9-18-11/h2,4,6,11,13,17H,3,5,7-9,16H2,1H3. The zero-order chi connectivity index (χ0) is 13.0.